The SMILES string of the molecule is CNCCc1cccc(Br)c1O. The molecule has 1 aromatic rings. The highest BCUT2D eigenvalue weighted by Gasteiger charge is 2.02. The molecule has 0 atom stereocenters. The molecular formula is C9H12BrNO. The van der Waals surface area contributed by atoms with Crippen LogP contribution in [0.4, 0.5) is 0 Å². The second-order valence-corrected chi connectivity index (χ2v) is 3.46. The highest BCUT2D eigenvalue weighted by molar-refractivity contribution is 9.10. The lowest BCUT2D eigenvalue weighted by Gasteiger charge is -2.04. The summed E-state index contributed by atoms with van der Waals surface area (Å²) >= 11 is 3.27. The first kappa shape index (κ1) is 9.55. The lowest BCUT2D eigenvalue weighted by atomic mass is 10.1. The maximum absolute atomic E-state index is 9.55. The zero-order valence-corrected chi connectivity index (χ0v) is 8.56. The van der Waals surface area contributed by atoms with E-state index in [2.05, 4.69) is 21.2 Å². The molecule has 0 fully saturated rings. The van der Waals surface area contributed by atoms with Crippen LogP contribution in [-0.4, -0.2) is 18.7 Å². The molecule has 0 aromatic heterocycles. The van der Waals surface area contributed by atoms with Crippen LogP contribution in [0.25, 0.3) is 0 Å². The maximum atomic E-state index is 9.55. The van der Waals surface area contributed by atoms with Crippen molar-refractivity contribution in [3.8, 4) is 5.75 Å². The Bertz CT molecular complexity index is 263. The van der Waals surface area contributed by atoms with E-state index in [4.69, 9.17) is 0 Å². The summed E-state index contributed by atoms with van der Waals surface area (Å²) in [6.07, 6.45) is 0.849. The molecular weight excluding hydrogens is 218 g/mol. The number of phenolic OH excluding ortho intramolecular Hbond substituents is 1. The van der Waals surface area contributed by atoms with Gasteiger partial charge in [0.15, 0.2) is 0 Å². The van der Waals surface area contributed by atoms with Crippen LogP contribution in [0.5, 0.6) is 5.75 Å². The van der Waals surface area contributed by atoms with Crippen molar-refractivity contribution in [3.63, 3.8) is 0 Å². The molecule has 0 aliphatic heterocycles. The number of nitrogens with one attached hydrogen (secondary N) is 1. The monoisotopic (exact) mass is 229 g/mol. The van der Waals surface area contributed by atoms with Crippen LogP contribution >= 0.6 is 15.9 Å². The van der Waals surface area contributed by atoms with Crippen molar-refractivity contribution in [2.45, 2.75) is 6.42 Å². The lowest BCUT2D eigenvalue weighted by molar-refractivity contribution is 0.464. The summed E-state index contributed by atoms with van der Waals surface area (Å²) in [7, 11) is 1.90. The Kier molecular flexibility index (Phi) is 3.56. The highest BCUT2D eigenvalue weighted by Crippen LogP contribution is 2.27. The Balaban J connectivity index is 2.78. The third-order valence-corrected chi connectivity index (χ3v) is 2.35. The Morgan fingerprint density at radius 1 is 1.50 bits per heavy atom. The number of hydrogen-bond donors (Lipinski definition) is 2. The van der Waals surface area contributed by atoms with Gasteiger partial charge >= 0.3 is 0 Å². The molecule has 0 aliphatic carbocycles. The van der Waals surface area contributed by atoms with Gasteiger partial charge in [-0.1, -0.05) is 12.1 Å². The molecule has 0 amide bonds. The van der Waals surface area contributed by atoms with Crippen molar-refractivity contribution >= 4 is 15.9 Å². The highest BCUT2D eigenvalue weighted by atomic mass is 79.9. The number of aromatic hydroxyl groups is 1. The maximum Gasteiger partial charge on any atom is 0.132 e. The molecule has 0 aliphatic rings. The molecule has 0 heterocycles. The molecule has 0 spiro atoms. The fourth-order valence-electron chi connectivity index (χ4n) is 1.02. The van der Waals surface area contributed by atoms with Crippen LogP contribution in [0.1, 0.15) is 5.56 Å². The van der Waals surface area contributed by atoms with Gasteiger partial charge in [-0.3, -0.25) is 0 Å². The Hall–Kier alpha value is -0.540. The van der Waals surface area contributed by atoms with Gasteiger partial charge in [0.05, 0.1) is 4.47 Å². The Morgan fingerprint density at radius 3 is 2.92 bits per heavy atom. The average molecular weight is 230 g/mol. The van der Waals surface area contributed by atoms with Crippen molar-refractivity contribution in [1.29, 1.82) is 0 Å². The van der Waals surface area contributed by atoms with Crippen molar-refractivity contribution in [3.05, 3.63) is 28.2 Å². The molecule has 1 rings (SSSR count). The topological polar surface area (TPSA) is 32.3 Å². The van der Waals surface area contributed by atoms with Crippen molar-refractivity contribution in [2.24, 2.45) is 0 Å². The normalized spacial score (nSPS) is 10.2. The first-order valence-corrected chi connectivity index (χ1v) is 4.66. The summed E-state index contributed by atoms with van der Waals surface area (Å²) in [5.74, 6) is 0.354. The van der Waals surface area contributed by atoms with Gasteiger partial charge in [-0.2, -0.15) is 0 Å². The largest absolute Gasteiger partial charge is 0.506 e. The molecule has 0 unspecified atom stereocenters. The van der Waals surface area contributed by atoms with Crippen LogP contribution < -0.4 is 5.32 Å². The second kappa shape index (κ2) is 4.48. The summed E-state index contributed by atoms with van der Waals surface area (Å²) in [5.41, 5.74) is 0.971. The molecule has 0 saturated heterocycles. The summed E-state index contributed by atoms with van der Waals surface area (Å²) in [6, 6.07) is 5.68. The van der Waals surface area contributed by atoms with E-state index in [1.165, 1.54) is 0 Å². The van der Waals surface area contributed by atoms with E-state index >= 15 is 0 Å². The number of benzene rings is 1. The van der Waals surface area contributed by atoms with Gasteiger partial charge in [-0.25, -0.2) is 0 Å². The quantitative estimate of drug-likeness (QED) is 0.831. The van der Waals surface area contributed by atoms with Crippen LogP contribution in [0.3, 0.4) is 0 Å². The molecule has 2 N–H and O–H groups in total. The third kappa shape index (κ3) is 2.22. The molecule has 2 nitrogen and oxygen atoms in total. The first-order valence-electron chi connectivity index (χ1n) is 3.86. The fourth-order valence-corrected chi connectivity index (χ4v) is 1.43. The smallest absolute Gasteiger partial charge is 0.132 e. The third-order valence-electron chi connectivity index (χ3n) is 1.71. The number of rotatable bonds is 3. The number of hydrogen-bond acceptors (Lipinski definition) is 2. The van der Waals surface area contributed by atoms with E-state index in [9.17, 15) is 5.11 Å². The standard InChI is InChI=1S/C9H12BrNO/c1-11-6-5-7-3-2-4-8(10)9(7)12/h2-4,11-12H,5-6H2,1H3. The van der Waals surface area contributed by atoms with Crippen molar-refractivity contribution in [2.75, 3.05) is 13.6 Å². The van der Waals surface area contributed by atoms with Crippen LogP contribution in [0.15, 0.2) is 22.7 Å². The molecule has 66 valence electrons. The van der Waals surface area contributed by atoms with Gasteiger partial charge in [0.2, 0.25) is 0 Å². The Labute approximate surface area is 80.7 Å². The van der Waals surface area contributed by atoms with Crippen molar-refractivity contribution in [1.82, 2.24) is 5.32 Å². The van der Waals surface area contributed by atoms with Gasteiger partial charge in [0.25, 0.3) is 0 Å². The molecule has 0 saturated carbocycles. The van der Waals surface area contributed by atoms with Crippen LogP contribution in [0, 0.1) is 0 Å². The van der Waals surface area contributed by atoms with Gasteiger partial charge in [-0.15, -0.1) is 0 Å². The number of phenols is 1. The predicted molar refractivity (Wildman–Crippen MR) is 53.4 cm³/mol. The van der Waals surface area contributed by atoms with E-state index in [1.54, 1.807) is 0 Å². The number of halogens is 1. The molecule has 0 radical (unpaired) electrons. The van der Waals surface area contributed by atoms with Gasteiger partial charge in [-0.05, 0) is 47.6 Å². The molecule has 12 heavy (non-hydrogen) atoms. The van der Waals surface area contributed by atoms with E-state index in [1.807, 2.05) is 25.2 Å². The van der Waals surface area contributed by atoms with Crippen molar-refractivity contribution < 1.29 is 5.11 Å². The zero-order chi connectivity index (χ0) is 8.97. The zero-order valence-electron chi connectivity index (χ0n) is 6.97. The predicted octanol–water partition coefficient (Wildman–Crippen LogP) is 1.92. The molecule has 0 bridgehead atoms. The number of para-hydroxylation sites is 1. The fraction of sp³-hybridized carbons (Fsp3) is 0.333. The van der Waals surface area contributed by atoms with Gasteiger partial charge < -0.3 is 10.4 Å². The van der Waals surface area contributed by atoms with Gasteiger partial charge in [0, 0.05) is 0 Å². The number of likely N-dealkylation sites (N-methyl/N-ethyl adjacent to an activating group) is 1. The summed E-state index contributed by atoms with van der Waals surface area (Å²) in [4.78, 5) is 0. The minimum atomic E-state index is 0.354. The lowest BCUT2D eigenvalue weighted by Crippen LogP contribution is -2.10. The van der Waals surface area contributed by atoms with Gasteiger partial charge in [0.1, 0.15) is 5.75 Å². The van der Waals surface area contributed by atoms with E-state index in [0.717, 1.165) is 23.0 Å². The first-order chi connectivity index (χ1) is 5.75. The summed E-state index contributed by atoms with van der Waals surface area (Å²) in [5, 5.41) is 12.6. The molecule has 1 aromatic carbocycles. The second-order valence-electron chi connectivity index (χ2n) is 2.60. The van der Waals surface area contributed by atoms with Crippen LogP contribution in [0.2, 0.25) is 0 Å². The molecule has 3 heteroatoms. The van der Waals surface area contributed by atoms with E-state index in [0.29, 0.717) is 5.75 Å². The summed E-state index contributed by atoms with van der Waals surface area (Å²) < 4.78 is 0.760. The summed E-state index contributed by atoms with van der Waals surface area (Å²) in [6.45, 7) is 0.879. The minimum Gasteiger partial charge on any atom is -0.506 e. The van der Waals surface area contributed by atoms with Crippen LogP contribution in [-0.2, 0) is 6.42 Å². The Morgan fingerprint density at radius 2 is 2.25 bits per heavy atom. The minimum absolute atomic E-state index is 0.354. The van der Waals surface area contributed by atoms with E-state index in [-0.39, 0.29) is 0 Å². The van der Waals surface area contributed by atoms with E-state index < -0.39 is 0 Å². The average Bonchev–Trinajstić information content (AvgIpc) is 2.08.